The molecule has 2 aliphatic rings. The van der Waals surface area contributed by atoms with Crippen molar-refractivity contribution in [2.75, 3.05) is 33.2 Å². The lowest BCUT2D eigenvalue weighted by atomic mass is 9.86. The van der Waals surface area contributed by atoms with Crippen molar-refractivity contribution in [1.82, 2.24) is 20.7 Å². The maximum absolute atomic E-state index is 11.9. The highest BCUT2D eigenvalue weighted by Crippen LogP contribution is 2.24. The molecule has 7 heteroatoms. The Kier molecular flexibility index (Phi) is 5.19. The highest BCUT2D eigenvalue weighted by atomic mass is 16.4. The molecule has 1 aliphatic heterocycles. The van der Waals surface area contributed by atoms with E-state index in [0.717, 1.165) is 39.0 Å². The predicted octanol–water partition coefficient (Wildman–Crippen LogP) is 0.0914. The number of hydrazine groups is 1. The summed E-state index contributed by atoms with van der Waals surface area (Å²) in [6, 6.07) is -0.247. The van der Waals surface area contributed by atoms with E-state index in [-0.39, 0.29) is 18.0 Å². The molecule has 0 radical (unpaired) electrons. The first-order chi connectivity index (χ1) is 9.54. The number of aliphatic carboxylic acids is 1. The van der Waals surface area contributed by atoms with E-state index in [4.69, 9.17) is 5.11 Å². The quantitative estimate of drug-likeness (QED) is 0.684. The first kappa shape index (κ1) is 15.1. The summed E-state index contributed by atoms with van der Waals surface area (Å²) in [6.45, 7) is 3.49. The Morgan fingerprint density at radius 3 is 2.50 bits per heavy atom. The number of carboxylic acid groups (broad SMARTS) is 1. The van der Waals surface area contributed by atoms with Gasteiger partial charge in [0.25, 0.3) is 0 Å². The van der Waals surface area contributed by atoms with E-state index in [0.29, 0.717) is 12.8 Å². The Labute approximate surface area is 119 Å². The molecule has 2 unspecified atom stereocenters. The van der Waals surface area contributed by atoms with Crippen LogP contribution < -0.4 is 10.7 Å². The number of piperazine rings is 1. The van der Waals surface area contributed by atoms with E-state index >= 15 is 0 Å². The van der Waals surface area contributed by atoms with Gasteiger partial charge in [-0.25, -0.2) is 9.80 Å². The number of hydrogen-bond acceptors (Lipinski definition) is 4. The summed E-state index contributed by atoms with van der Waals surface area (Å²) in [6.07, 6.45) is 2.97. The monoisotopic (exact) mass is 284 g/mol. The van der Waals surface area contributed by atoms with E-state index in [1.165, 1.54) is 0 Å². The zero-order chi connectivity index (χ0) is 14.5. The first-order valence-electron chi connectivity index (χ1n) is 7.28. The first-order valence-corrected chi connectivity index (χ1v) is 7.28. The van der Waals surface area contributed by atoms with Crippen molar-refractivity contribution < 1.29 is 14.7 Å². The fourth-order valence-corrected chi connectivity index (χ4v) is 2.82. The summed E-state index contributed by atoms with van der Waals surface area (Å²) in [5, 5.41) is 13.8. The van der Waals surface area contributed by atoms with Crippen molar-refractivity contribution in [3.63, 3.8) is 0 Å². The molecule has 1 saturated carbocycles. The van der Waals surface area contributed by atoms with Gasteiger partial charge in [-0.15, -0.1) is 0 Å². The molecule has 1 aliphatic carbocycles. The minimum Gasteiger partial charge on any atom is -0.481 e. The zero-order valence-electron chi connectivity index (χ0n) is 12.0. The number of urea groups is 1. The van der Waals surface area contributed by atoms with Crippen molar-refractivity contribution in [2.45, 2.75) is 31.7 Å². The van der Waals surface area contributed by atoms with Gasteiger partial charge in [0, 0.05) is 32.2 Å². The molecule has 0 bridgehead atoms. The molecule has 2 amide bonds. The van der Waals surface area contributed by atoms with Gasteiger partial charge in [0.15, 0.2) is 0 Å². The lowest BCUT2D eigenvalue weighted by Gasteiger charge is -2.33. The van der Waals surface area contributed by atoms with Crippen LogP contribution in [0.25, 0.3) is 0 Å². The highest BCUT2D eigenvalue weighted by Gasteiger charge is 2.28. The predicted molar refractivity (Wildman–Crippen MR) is 74.1 cm³/mol. The fraction of sp³-hybridized carbons (Fsp3) is 0.846. The molecule has 20 heavy (non-hydrogen) atoms. The molecule has 0 aromatic carbocycles. The zero-order valence-corrected chi connectivity index (χ0v) is 12.0. The Balaban J connectivity index is 1.72. The molecule has 0 spiro atoms. The Hall–Kier alpha value is -1.34. The minimum absolute atomic E-state index is 0.0303. The maximum atomic E-state index is 11.9. The number of amides is 2. The molecular weight excluding hydrogens is 260 g/mol. The molecule has 3 N–H and O–H groups in total. The third-order valence-electron chi connectivity index (χ3n) is 4.12. The molecular formula is C13H24N4O3. The van der Waals surface area contributed by atoms with Gasteiger partial charge in [0.05, 0.1) is 5.92 Å². The smallest absolute Gasteiger partial charge is 0.329 e. The Morgan fingerprint density at radius 2 is 1.85 bits per heavy atom. The van der Waals surface area contributed by atoms with E-state index in [2.05, 4.69) is 22.7 Å². The highest BCUT2D eigenvalue weighted by molar-refractivity contribution is 5.74. The molecule has 1 saturated heterocycles. The van der Waals surface area contributed by atoms with Crippen LogP contribution in [-0.2, 0) is 4.79 Å². The van der Waals surface area contributed by atoms with Gasteiger partial charge in [-0.1, -0.05) is 6.42 Å². The van der Waals surface area contributed by atoms with E-state index in [1.54, 1.807) is 0 Å². The molecule has 2 rings (SSSR count). The third kappa shape index (κ3) is 4.35. The van der Waals surface area contributed by atoms with Crippen LogP contribution in [0.3, 0.4) is 0 Å². The standard InChI is InChI=1S/C13H24N4O3/c1-16-5-7-17(8-6-16)15-13(20)14-11-4-2-3-10(9-11)12(18)19/h10-11H,2-9H2,1H3,(H,18,19)(H2,14,15,20). The number of carbonyl (C=O) groups excluding carboxylic acids is 1. The summed E-state index contributed by atoms with van der Waals surface area (Å²) in [5.41, 5.74) is 2.84. The second-order valence-corrected chi connectivity index (χ2v) is 5.77. The van der Waals surface area contributed by atoms with Gasteiger partial charge >= 0.3 is 12.0 Å². The number of nitrogens with one attached hydrogen (secondary N) is 2. The number of carbonyl (C=O) groups is 2. The van der Waals surface area contributed by atoms with Crippen molar-refractivity contribution in [3.8, 4) is 0 Å². The van der Waals surface area contributed by atoms with Gasteiger partial charge < -0.3 is 15.3 Å². The number of likely N-dealkylation sites (N-methyl/N-ethyl adjacent to an activating group) is 1. The van der Waals surface area contributed by atoms with Crippen molar-refractivity contribution >= 4 is 12.0 Å². The number of nitrogens with zero attached hydrogens (tertiary/aromatic N) is 2. The van der Waals surface area contributed by atoms with Crippen molar-refractivity contribution in [2.24, 2.45) is 5.92 Å². The minimum atomic E-state index is -0.754. The number of carboxylic acids is 1. The van der Waals surface area contributed by atoms with Crippen LogP contribution in [0.2, 0.25) is 0 Å². The topological polar surface area (TPSA) is 84.9 Å². The lowest BCUT2D eigenvalue weighted by molar-refractivity contribution is -0.143. The Bertz CT molecular complexity index is 356. The average Bonchev–Trinajstić information content (AvgIpc) is 2.41. The summed E-state index contributed by atoms with van der Waals surface area (Å²) in [4.78, 5) is 25.1. The van der Waals surface area contributed by atoms with E-state index in [9.17, 15) is 9.59 Å². The summed E-state index contributed by atoms with van der Waals surface area (Å²) >= 11 is 0. The average molecular weight is 284 g/mol. The normalized spacial score (nSPS) is 28.9. The van der Waals surface area contributed by atoms with Crippen LogP contribution in [-0.4, -0.2) is 66.3 Å². The molecule has 0 aromatic rings. The van der Waals surface area contributed by atoms with Gasteiger partial charge in [-0.3, -0.25) is 10.2 Å². The summed E-state index contributed by atoms with van der Waals surface area (Å²) in [5.74, 6) is -1.08. The molecule has 0 aromatic heterocycles. The van der Waals surface area contributed by atoms with Crippen LogP contribution in [0.1, 0.15) is 25.7 Å². The van der Waals surface area contributed by atoms with Crippen LogP contribution in [0, 0.1) is 5.92 Å². The van der Waals surface area contributed by atoms with Gasteiger partial charge in [0.1, 0.15) is 0 Å². The molecule has 114 valence electrons. The lowest BCUT2D eigenvalue weighted by Crippen LogP contribution is -2.56. The summed E-state index contributed by atoms with van der Waals surface area (Å²) < 4.78 is 0. The molecule has 2 fully saturated rings. The van der Waals surface area contributed by atoms with Gasteiger partial charge in [-0.05, 0) is 26.3 Å². The Morgan fingerprint density at radius 1 is 1.15 bits per heavy atom. The summed E-state index contributed by atoms with van der Waals surface area (Å²) in [7, 11) is 2.06. The second-order valence-electron chi connectivity index (χ2n) is 5.77. The van der Waals surface area contributed by atoms with Crippen LogP contribution in [0.5, 0.6) is 0 Å². The van der Waals surface area contributed by atoms with E-state index < -0.39 is 5.97 Å². The third-order valence-corrected chi connectivity index (χ3v) is 4.12. The SMILES string of the molecule is CN1CCN(NC(=O)NC2CCCC(C(=O)O)C2)CC1. The van der Waals surface area contributed by atoms with Crippen LogP contribution in [0.4, 0.5) is 4.79 Å². The molecule has 7 nitrogen and oxygen atoms in total. The van der Waals surface area contributed by atoms with Crippen LogP contribution in [0.15, 0.2) is 0 Å². The number of rotatable bonds is 3. The number of hydrogen-bond donors (Lipinski definition) is 3. The maximum Gasteiger partial charge on any atom is 0.329 e. The van der Waals surface area contributed by atoms with Gasteiger partial charge in [0.2, 0.25) is 0 Å². The fourth-order valence-electron chi connectivity index (χ4n) is 2.82. The van der Waals surface area contributed by atoms with Crippen LogP contribution >= 0.6 is 0 Å². The molecule has 1 heterocycles. The van der Waals surface area contributed by atoms with Crippen molar-refractivity contribution in [1.29, 1.82) is 0 Å². The van der Waals surface area contributed by atoms with E-state index in [1.807, 2.05) is 5.01 Å². The van der Waals surface area contributed by atoms with Crippen molar-refractivity contribution in [3.05, 3.63) is 0 Å². The second kappa shape index (κ2) is 6.90. The molecule has 2 atom stereocenters. The van der Waals surface area contributed by atoms with Gasteiger partial charge in [-0.2, -0.15) is 0 Å². The largest absolute Gasteiger partial charge is 0.481 e.